The Balaban J connectivity index is 2.03. The molecule has 0 aliphatic carbocycles. The fourth-order valence-corrected chi connectivity index (χ4v) is 2.41. The van der Waals surface area contributed by atoms with E-state index in [-0.39, 0.29) is 12.1 Å². The van der Waals surface area contributed by atoms with Crippen molar-refractivity contribution in [2.24, 2.45) is 0 Å². The zero-order chi connectivity index (χ0) is 12.3. The third-order valence-corrected chi connectivity index (χ3v) is 3.82. The van der Waals surface area contributed by atoms with Crippen LogP contribution in [0, 0.1) is 3.57 Å². The number of carbonyl (C=O) groups excluding carboxylic acids is 1. The number of benzene rings is 1. The molecule has 1 unspecified atom stereocenters. The SMILES string of the molecule is CC1CNCCN1C(=O)Nc1ccccc1I. The Kier molecular flexibility index (Phi) is 4.22. The number of nitrogens with zero attached hydrogens (tertiary/aromatic N) is 1. The number of anilines is 1. The minimum absolute atomic E-state index is 0.0110. The predicted octanol–water partition coefficient (Wildman–Crippen LogP) is 2.12. The van der Waals surface area contributed by atoms with Crippen molar-refractivity contribution in [2.45, 2.75) is 13.0 Å². The van der Waals surface area contributed by atoms with Crippen LogP contribution in [0.4, 0.5) is 10.5 Å². The molecule has 5 heteroatoms. The Morgan fingerprint density at radius 1 is 1.53 bits per heavy atom. The first-order valence-corrected chi connectivity index (χ1v) is 6.79. The third-order valence-electron chi connectivity index (χ3n) is 2.88. The molecule has 2 rings (SSSR count). The van der Waals surface area contributed by atoms with E-state index in [2.05, 4.69) is 40.1 Å². The Morgan fingerprint density at radius 3 is 3.00 bits per heavy atom. The van der Waals surface area contributed by atoms with E-state index in [1.807, 2.05) is 29.2 Å². The Bertz CT molecular complexity index is 410. The fraction of sp³-hybridized carbons (Fsp3) is 0.417. The lowest BCUT2D eigenvalue weighted by molar-refractivity contribution is 0.177. The molecular formula is C12H16IN3O. The molecule has 1 aromatic carbocycles. The third kappa shape index (κ3) is 3.10. The lowest BCUT2D eigenvalue weighted by Gasteiger charge is -2.33. The van der Waals surface area contributed by atoms with Gasteiger partial charge in [0.25, 0.3) is 0 Å². The molecule has 1 aliphatic heterocycles. The molecule has 2 N–H and O–H groups in total. The first-order chi connectivity index (χ1) is 8.18. The molecule has 92 valence electrons. The van der Waals surface area contributed by atoms with Gasteiger partial charge in [0.2, 0.25) is 0 Å². The van der Waals surface area contributed by atoms with Crippen LogP contribution in [0.25, 0.3) is 0 Å². The summed E-state index contributed by atoms with van der Waals surface area (Å²) in [5.74, 6) is 0. The summed E-state index contributed by atoms with van der Waals surface area (Å²) in [4.78, 5) is 14.0. The molecule has 1 fully saturated rings. The number of piperazine rings is 1. The number of urea groups is 1. The van der Waals surface area contributed by atoms with Crippen LogP contribution >= 0.6 is 22.6 Å². The van der Waals surface area contributed by atoms with Gasteiger partial charge in [-0.05, 0) is 41.6 Å². The molecule has 0 spiro atoms. The van der Waals surface area contributed by atoms with E-state index in [9.17, 15) is 4.79 Å². The van der Waals surface area contributed by atoms with Crippen LogP contribution in [-0.2, 0) is 0 Å². The molecule has 2 amide bonds. The number of rotatable bonds is 1. The molecule has 1 aromatic rings. The maximum absolute atomic E-state index is 12.1. The topological polar surface area (TPSA) is 44.4 Å². The van der Waals surface area contributed by atoms with Gasteiger partial charge in [0.1, 0.15) is 0 Å². The maximum atomic E-state index is 12.1. The molecule has 4 nitrogen and oxygen atoms in total. The largest absolute Gasteiger partial charge is 0.322 e. The van der Waals surface area contributed by atoms with E-state index < -0.39 is 0 Å². The van der Waals surface area contributed by atoms with Crippen LogP contribution in [0.1, 0.15) is 6.92 Å². The van der Waals surface area contributed by atoms with Gasteiger partial charge in [0.05, 0.1) is 5.69 Å². The summed E-state index contributed by atoms with van der Waals surface area (Å²) in [6.45, 7) is 4.54. The molecular weight excluding hydrogens is 329 g/mol. The number of amides is 2. The van der Waals surface area contributed by atoms with Crippen molar-refractivity contribution in [3.8, 4) is 0 Å². The van der Waals surface area contributed by atoms with Gasteiger partial charge in [-0.1, -0.05) is 12.1 Å². The Morgan fingerprint density at radius 2 is 2.29 bits per heavy atom. The summed E-state index contributed by atoms with van der Waals surface area (Å²) in [7, 11) is 0. The van der Waals surface area contributed by atoms with Crippen molar-refractivity contribution >= 4 is 34.3 Å². The molecule has 1 saturated heterocycles. The Hall–Kier alpha value is -0.820. The summed E-state index contributed by atoms with van der Waals surface area (Å²) >= 11 is 2.22. The smallest absolute Gasteiger partial charge is 0.319 e. The van der Waals surface area contributed by atoms with Gasteiger partial charge in [-0.2, -0.15) is 0 Å². The van der Waals surface area contributed by atoms with Crippen molar-refractivity contribution in [1.29, 1.82) is 0 Å². The van der Waals surface area contributed by atoms with Gasteiger partial charge < -0.3 is 15.5 Å². The molecule has 0 saturated carbocycles. The molecule has 0 bridgehead atoms. The zero-order valence-corrected chi connectivity index (χ0v) is 11.9. The maximum Gasteiger partial charge on any atom is 0.322 e. The molecule has 1 atom stereocenters. The van der Waals surface area contributed by atoms with Crippen molar-refractivity contribution in [3.63, 3.8) is 0 Å². The monoisotopic (exact) mass is 345 g/mol. The van der Waals surface area contributed by atoms with Crippen LogP contribution in [-0.4, -0.2) is 36.6 Å². The second-order valence-corrected chi connectivity index (χ2v) is 5.32. The number of hydrogen-bond donors (Lipinski definition) is 2. The first-order valence-electron chi connectivity index (χ1n) is 5.71. The molecule has 17 heavy (non-hydrogen) atoms. The van der Waals surface area contributed by atoms with E-state index >= 15 is 0 Å². The second kappa shape index (κ2) is 5.68. The average molecular weight is 345 g/mol. The molecule has 0 radical (unpaired) electrons. The van der Waals surface area contributed by atoms with E-state index in [1.165, 1.54) is 0 Å². The lowest BCUT2D eigenvalue weighted by atomic mass is 10.2. The fourth-order valence-electron chi connectivity index (χ4n) is 1.89. The average Bonchev–Trinajstić information content (AvgIpc) is 2.32. The van der Waals surface area contributed by atoms with Gasteiger partial charge in [-0.15, -0.1) is 0 Å². The van der Waals surface area contributed by atoms with Crippen molar-refractivity contribution in [3.05, 3.63) is 27.8 Å². The number of nitrogens with one attached hydrogen (secondary N) is 2. The highest BCUT2D eigenvalue weighted by Crippen LogP contribution is 2.18. The number of hydrogen-bond acceptors (Lipinski definition) is 2. The van der Waals surface area contributed by atoms with Crippen LogP contribution in [0.5, 0.6) is 0 Å². The highest BCUT2D eigenvalue weighted by Gasteiger charge is 2.23. The van der Waals surface area contributed by atoms with Crippen LogP contribution in [0.3, 0.4) is 0 Å². The van der Waals surface area contributed by atoms with Crippen molar-refractivity contribution in [1.82, 2.24) is 10.2 Å². The van der Waals surface area contributed by atoms with E-state index in [1.54, 1.807) is 0 Å². The first kappa shape index (κ1) is 12.6. The number of carbonyl (C=O) groups is 1. The van der Waals surface area contributed by atoms with E-state index in [4.69, 9.17) is 0 Å². The van der Waals surface area contributed by atoms with Crippen molar-refractivity contribution < 1.29 is 4.79 Å². The quantitative estimate of drug-likeness (QED) is 0.766. The number of para-hydroxylation sites is 1. The minimum Gasteiger partial charge on any atom is -0.319 e. The van der Waals surface area contributed by atoms with E-state index in [0.717, 1.165) is 28.9 Å². The highest BCUT2D eigenvalue weighted by atomic mass is 127. The van der Waals surface area contributed by atoms with E-state index in [0.29, 0.717) is 0 Å². The van der Waals surface area contributed by atoms with Crippen molar-refractivity contribution in [2.75, 3.05) is 25.0 Å². The Labute approximate surface area is 115 Å². The summed E-state index contributed by atoms with van der Waals surface area (Å²) in [5, 5.41) is 6.23. The molecule has 1 aliphatic rings. The molecule has 0 aromatic heterocycles. The normalized spacial score (nSPS) is 20.1. The van der Waals surface area contributed by atoms with Crippen LogP contribution in [0.2, 0.25) is 0 Å². The highest BCUT2D eigenvalue weighted by molar-refractivity contribution is 14.1. The predicted molar refractivity (Wildman–Crippen MR) is 77.2 cm³/mol. The summed E-state index contributed by atoms with van der Waals surface area (Å²) in [6.07, 6.45) is 0. The minimum atomic E-state index is -0.0110. The molecule has 1 heterocycles. The summed E-state index contributed by atoms with van der Waals surface area (Å²) in [5.41, 5.74) is 0.879. The van der Waals surface area contributed by atoms with Crippen LogP contribution in [0.15, 0.2) is 24.3 Å². The van der Waals surface area contributed by atoms with Gasteiger partial charge in [-0.3, -0.25) is 0 Å². The van der Waals surface area contributed by atoms with Gasteiger partial charge in [0, 0.05) is 29.2 Å². The summed E-state index contributed by atoms with van der Waals surface area (Å²) < 4.78 is 1.06. The van der Waals surface area contributed by atoms with Gasteiger partial charge in [-0.25, -0.2) is 4.79 Å². The standard InChI is InChI=1S/C12H16IN3O/c1-9-8-14-6-7-16(9)12(17)15-11-5-3-2-4-10(11)13/h2-5,9,14H,6-8H2,1H3,(H,15,17). The second-order valence-electron chi connectivity index (χ2n) is 4.16. The lowest BCUT2D eigenvalue weighted by Crippen LogP contribution is -2.53. The summed E-state index contributed by atoms with van der Waals surface area (Å²) in [6, 6.07) is 8.03. The van der Waals surface area contributed by atoms with Gasteiger partial charge in [0.15, 0.2) is 0 Å². The van der Waals surface area contributed by atoms with Gasteiger partial charge >= 0.3 is 6.03 Å². The zero-order valence-electron chi connectivity index (χ0n) is 9.74. The number of halogens is 1. The van der Waals surface area contributed by atoms with Crippen LogP contribution < -0.4 is 10.6 Å².